The highest BCUT2D eigenvalue weighted by Gasteiger charge is 2.26. The summed E-state index contributed by atoms with van der Waals surface area (Å²) in [6.45, 7) is 12.5. The van der Waals surface area contributed by atoms with Crippen LogP contribution in [-0.4, -0.2) is 17.2 Å². The monoisotopic (exact) mass is 414 g/mol. The minimum absolute atomic E-state index is 0.161. The standard InChI is InChI=1S/C24H31ClN2O2/c1-23(2,3)19-13-16(14-20(22(19)29)24(4,5)6)10-11-21(28)27-26-15-17-8-7-9-18(25)12-17/h7-9,12-15,29H,10-11H2,1-6H3,(H,27,28)/b26-15-. The maximum atomic E-state index is 12.2. The number of carbonyl (C=O) groups excluding carboxylic acids is 1. The van der Waals surface area contributed by atoms with Gasteiger partial charge in [0.15, 0.2) is 0 Å². The normalized spacial score (nSPS) is 12.4. The number of halogens is 1. The number of phenols is 1. The lowest BCUT2D eigenvalue weighted by atomic mass is 9.78. The Kier molecular flexibility index (Phi) is 7.12. The molecular formula is C24H31ClN2O2. The molecule has 0 aliphatic heterocycles. The van der Waals surface area contributed by atoms with Gasteiger partial charge in [-0.05, 0) is 51.6 Å². The fourth-order valence-corrected chi connectivity index (χ4v) is 3.26. The second-order valence-corrected chi connectivity index (χ2v) is 9.82. The van der Waals surface area contributed by atoms with E-state index in [1.807, 2.05) is 24.3 Å². The van der Waals surface area contributed by atoms with E-state index in [4.69, 9.17) is 11.6 Å². The van der Waals surface area contributed by atoms with E-state index in [0.29, 0.717) is 23.6 Å². The van der Waals surface area contributed by atoms with Crippen LogP contribution < -0.4 is 5.43 Å². The molecule has 0 fully saturated rings. The first-order valence-electron chi connectivity index (χ1n) is 9.82. The quantitative estimate of drug-likeness (QED) is 0.485. The Morgan fingerprint density at radius 2 is 1.66 bits per heavy atom. The maximum Gasteiger partial charge on any atom is 0.240 e. The summed E-state index contributed by atoms with van der Waals surface area (Å²) in [5.74, 6) is 0.190. The molecule has 29 heavy (non-hydrogen) atoms. The smallest absolute Gasteiger partial charge is 0.240 e. The van der Waals surface area contributed by atoms with Gasteiger partial charge in [0.1, 0.15) is 5.75 Å². The van der Waals surface area contributed by atoms with Gasteiger partial charge in [-0.15, -0.1) is 0 Å². The van der Waals surface area contributed by atoms with Crippen LogP contribution in [0.1, 0.15) is 70.2 Å². The second kappa shape index (κ2) is 9.00. The summed E-state index contributed by atoms with van der Waals surface area (Å²) in [4.78, 5) is 12.2. The molecule has 0 spiro atoms. The fourth-order valence-electron chi connectivity index (χ4n) is 3.06. The predicted molar refractivity (Wildman–Crippen MR) is 121 cm³/mol. The van der Waals surface area contributed by atoms with Crippen molar-refractivity contribution in [3.8, 4) is 5.75 Å². The zero-order valence-electron chi connectivity index (χ0n) is 18.1. The van der Waals surface area contributed by atoms with Crippen molar-refractivity contribution in [1.29, 1.82) is 0 Å². The molecule has 0 saturated heterocycles. The van der Waals surface area contributed by atoms with E-state index in [1.165, 1.54) is 0 Å². The van der Waals surface area contributed by atoms with Crippen molar-refractivity contribution in [2.45, 2.75) is 65.2 Å². The van der Waals surface area contributed by atoms with Crippen molar-refractivity contribution in [3.05, 3.63) is 63.7 Å². The van der Waals surface area contributed by atoms with Crippen molar-refractivity contribution >= 4 is 23.7 Å². The lowest BCUT2D eigenvalue weighted by Crippen LogP contribution is -2.20. The van der Waals surface area contributed by atoms with Gasteiger partial charge in [-0.25, -0.2) is 5.43 Å². The Morgan fingerprint density at radius 3 is 2.17 bits per heavy atom. The highest BCUT2D eigenvalue weighted by atomic mass is 35.5. The number of hydrogen-bond donors (Lipinski definition) is 2. The minimum Gasteiger partial charge on any atom is -0.507 e. The Bertz CT molecular complexity index is 871. The molecule has 4 nitrogen and oxygen atoms in total. The van der Waals surface area contributed by atoms with Gasteiger partial charge in [-0.2, -0.15) is 5.10 Å². The number of benzene rings is 2. The highest BCUT2D eigenvalue weighted by molar-refractivity contribution is 6.30. The van der Waals surface area contributed by atoms with Crippen molar-refractivity contribution in [2.75, 3.05) is 0 Å². The summed E-state index contributed by atoms with van der Waals surface area (Å²) >= 11 is 5.94. The third-order valence-corrected chi connectivity index (χ3v) is 4.91. The third kappa shape index (κ3) is 6.60. The van der Waals surface area contributed by atoms with Gasteiger partial charge in [-0.1, -0.05) is 77.4 Å². The Labute approximate surface area is 179 Å². The van der Waals surface area contributed by atoms with Crippen LogP contribution >= 0.6 is 11.6 Å². The minimum atomic E-state index is -0.191. The molecule has 2 aromatic carbocycles. The number of aryl methyl sites for hydroxylation is 1. The predicted octanol–water partition coefficient (Wildman–Crippen LogP) is 5.72. The number of aromatic hydroxyl groups is 1. The van der Waals surface area contributed by atoms with Gasteiger partial charge in [0.05, 0.1) is 6.21 Å². The zero-order chi connectivity index (χ0) is 21.8. The molecule has 0 radical (unpaired) electrons. The fraction of sp³-hybridized carbons (Fsp3) is 0.417. The van der Waals surface area contributed by atoms with E-state index in [2.05, 4.69) is 52.1 Å². The SMILES string of the molecule is CC(C)(C)c1cc(CCC(=O)N/N=C\c2cccc(Cl)c2)cc(C(C)(C)C)c1O. The molecule has 0 aliphatic carbocycles. The van der Waals surface area contributed by atoms with Gasteiger partial charge < -0.3 is 5.11 Å². The Morgan fingerprint density at radius 1 is 1.07 bits per heavy atom. The lowest BCUT2D eigenvalue weighted by molar-refractivity contribution is -0.121. The highest BCUT2D eigenvalue weighted by Crippen LogP contribution is 2.39. The van der Waals surface area contributed by atoms with E-state index in [1.54, 1.807) is 18.3 Å². The number of amides is 1. The van der Waals surface area contributed by atoms with Gasteiger partial charge in [0.25, 0.3) is 0 Å². The van der Waals surface area contributed by atoms with E-state index in [-0.39, 0.29) is 16.7 Å². The van der Waals surface area contributed by atoms with Crippen LogP contribution in [0.3, 0.4) is 0 Å². The Balaban J connectivity index is 2.10. The first-order chi connectivity index (χ1) is 13.4. The molecule has 0 unspecified atom stereocenters. The van der Waals surface area contributed by atoms with Gasteiger partial charge in [0, 0.05) is 11.4 Å². The molecule has 2 aromatic rings. The number of carbonyl (C=O) groups is 1. The maximum absolute atomic E-state index is 12.2. The number of rotatable bonds is 5. The summed E-state index contributed by atoms with van der Waals surface area (Å²) < 4.78 is 0. The molecule has 0 bridgehead atoms. The van der Waals surface area contributed by atoms with Crippen LogP contribution in [0.15, 0.2) is 41.5 Å². The largest absolute Gasteiger partial charge is 0.507 e. The molecule has 5 heteroatoms. The first kappa shape index (κ1) is 23.0. The number of nitrogens with zero attached hydrogens (tertiary/aromatic N) is 1. The third-order valence-electron chi connectivity index (χ3n) is 4.68. The summed E-state index contributed by atoms with van der Waals surface area (Å²) in [5.41, 5.74) is 5.84. The van der Waals surface area contributed by atoms with Crippen LogP contribution in [0.5, 0.6) is 5.75 Å². The van der Waals surface area contributed by atoms with E-state index in [0.717, 1.165) is 22.3 Å². The zero-order valence-corrected chi connectivity index (χ0v) is 18.9. The van der Waals surface area contributed by atoms with Crippen LogP contribution in [0, 0.1) is 0 Å². The van der Waals surface area contributed by atoms with Crippen molar-refractivity contribution in [1.82, 2.24) is 5.43 Å². The number of hydrogen-bond acceptors (Lipinski definition) is 3. The van der Waals surface area contributed by atoms with Crippen LogP contribution in [0.25, 0.3) is 0 Å². The Hall–Kier alpha value is -2.33. The summed E-state index contributed by atoms with van der Waals surface area (Å²) in [5, 5.41) is 15.4. The average Bonchev–Trinajstić information content (AvgIpc) is 2.59. The number of hydrazone groups is 1. The van der Waals surface area contributed by atoms with Crippen molar-refractivity contribution in [3.63, 3.8) is 0 Å². The molecular weight excluding hydrogens is 384 g/mol. The topological polar surface area (TPSA) is 61.7 Å². The van der Waals surface area contributed by atoms with Crippen LogP contribution in [0.4, 0.5) is 0 Å². The molecule has 156 valence electrons. The van der Waals surface area contributed by atoms with E-state index < -0.39 is 0 Å². The van der Waals surface area contributed by atoms with Crippen molar-refractivity contribution in [2.24, 2.45) is 5.10 Å². The molecule has 0 aliphatic rings. The average molecular weight is 415 g/mol. The van der Waals surface area contributed by atoms with Gasteiger partial charge >= 0.3 is 0 Å². The summed E-state index contributed by atoms with van der Waals surface area (Å²) in [7, 11) is 0. The van der Waals surface area contributed by atoms with Crippen LogP contribution in [0.2, 0.25) is 5.02 Å². The summed E-state index contributed by atoms with van der Waals surface area (Å²) in [6, 6.07) is 11.3. The van der Waals surface area contributed by atoms with Gasteiger partial charge in [0.2, 0.25) is 5.91 Å². The molecule has 2 rings (SSSR count). The second-order valence-electron chi connectivity index (χ2n) is 9.39. The molecule has 0 aromatic heterocycles. The number of phenolic OH excluding ortho intramolecular Hbond substituents is 1. The van der Waals surface area contributed by atoms with Gasteiger partial charge in [-0.3, -0.25) is 4.79 Å². The molecule has 0 atom stereocenters. The molecule has 1 amide bonds. The van der Waals surface area contributed by atoms with Crippen LogP contribution in [-0.2, 0) is 22.0 Å². The lowest BCUT2D eigenvalue weighted by Gasteiger charge is -2.28. The molecule has 0 heterocycles. The molecule has 2 N–H and O–H groups in total. The summed E-state index contributed by atoms with van der Waals surface area (Å²) in [6.07, 6.45) is 2.45. The molecule has 0 saturated carbocycles. The van der Waals surface area contributed by atoms with Crippen molar-refractivity contribution < 1.29 is 9.90 Å². The van der Waals surface area contributed by atoms with E-state index in [9.17, 15) is 9.90 Å². The van der Waals surface area contributed by atoms with E-state index >= 15 is 0 Å². The number of nitrogens with one attached hydrogen (secondary N) is 1. The first-order valence-corrected chi connectivity index (χ1v) is 10.2.